The number of benzene rings is 1. The van der Waals surface area contributed by atoms with Gasteiger partial charge in [-0.15, -0.1) is 24.0 Å². The summed E-state index contributed by atoms with van der Waals surface area (Å²) < 4.78 is 37.7. The maximum absolute atomic E-state index is 12.6. The van der Waals surface area contributed by atoms with Crippen molar-refractivity contribution in [3.05, 3.63) is 35.4 Å². The van der Waals surface area contributed by atoms with E-state index in [4.69, 9.17) is 0 Å². The van der Waals surface area contributed by atoms with Crippen LogP contribution in [0.5, 0.6) is 0 Å². The zero-order valence-corrected chi connectivity index (χ0v) is 15.5. The van der Waals surface area contributed by atoms with Crippen molar-refractivity contribution in [1.82, 2.24) is 10.6 Å². The third-order valence-electron chi connectivity index (χ3n) is 2.60. The minimum atomic E-state index is -4.35. The van der Waals surface area contributed by atoms with Crippen molar-refractivity contribution in [2.75, 3.05) is 19.6 Å². The van der Waals surface area contributed by atoms with Crippen molar-refractivity contribution < 1.29 is 13.2 Å². The van der Waals surface area contributed by atoms with E-state index in [0.29, 0.717) is 24.6 Å². The molecule has 2 N–H and O–H groups in total. The number of rotatable bonds is 4. The highest BCUT2D eigenvalue weighted by Gasteiger charge is 2.30. The van der Waals surface area contributed by atoms with Crippen LogP contribution in [0, 0.1) is 11.8 Å². The average Bonchev–Trinajstić information content (AvgIpc) is 2.48. The van der Waals surface area contributed by atoms with Crippen molar-refractivity contribution in [2.24, 2.45) is 4.99 Å². The highest BCUT2D eigenvalue weighted by molar-refractivity contribution is 14.0. The predicted molar refractivity (Wildman–Crippen MR) is 98.0 cm³/mol. The topological polar surface area (TPSA) is 36.4 Å². The van der Waals surface area contributed by atoms with Crippen LogP contribution in [0.25, 0.3) is 0 Å². The summed E-state index contributed by atoms with van der Waals surface area (Å²) in [6, 6.07) is 4.99. The predicted octanol–water partition coefficient (Wildman–Crippen LogP) is 3.64. The first-order valence-corrected chi connectivity index (χ1v) is 7.15. The first-order chi connectivity index (χ1) is 10.5. The minimum Gasteiger partial charge on any atom is -0.357 e. The highest BCUT2D eigenvalue weighted by Crippen LogP contribution is 2.29. The summed E-state index contributed by atoms with van der Waals surface area (Å²) in [5.41, 5.74) is -0.350. The van der Waals surface area contributed by atoms with Crippen LogP contribution in [0.2, 0.25) is 0 Å². The van der Waals surface area contributed by atoms with E-state index in [1.54, 1.807) is 6.07 Å². The van der Waals surface area contributed by atoms with Crippen LogP contribution in [-0.4, -0.2) is 25.6 Å². The Bertz CT molecular complexity index is 560. The highest BCUT2D eigenvalue weighted by atomic mass is 127. The van der Waals surface area contributed by atoms with E-state index in [9.17, 15) is 13.2 Å². The molecule has 0 saturated carbocycles. The number of aliphatic imine (C=N–C) groups is 1. The molecule has 0 spiro atoms. The average molecular weight is 439 g/mol. The van der Waals surface area contributed by atoms with Crippen LogP contribution in [0.15, 0.2) is 29.3 Å². The van der Waals surface area contributed by atoms with Crippen LogP contribution in [0.3, 0.4) is 0 Å². The maximum atomic E-state index is 12.6. The zero-order chi connectivity index (χ0) is 16.4. The van der Waals surface area contributed by atoms with Gasteiger partial charge in [0.05, 0.1) is 12.1 Å². The van der Waals surface area contributed by atoms with Crippen molar-refractivity contribution in [2.45, 2.75) is 26.4 Å². The summed E-state index contributed by atoms with van der Waals surface area (Å²) in [6.07, 6.45) is -3.41. The lowest BCUT2D eigenvalue weighted by molar-refractivity contribution is -0.137. The van der Waals surface area contributed by atoms with Gasteiger partial charge >= 0.3 is 6.18 Å². The van der Waals surface area contributed by atoms with E-state index in [-0.39, 0.29) is 24.0 Å². The Kier molecular flexibility index (Phi) is 10.5. The minimum absolute atomic E-state index is 0. The molecule has 0 aromatic heterocycles. The summed E-state index contributed by atoms with van der Waals surface area (Å²) in [7, 11) is 0. The normalized spacial score (nSPS) is 11.1. The molecule has 1 rings (SSSR count). The third kappa shape index (κ3) is 8.69. The van der Waals surface area contributed by atoms with Gasteiger partial charge in [-0.2, -0.15) is 13.2 Å². The third-order valence-corrected chi connectivity index (χ3v) is 2.60. The molecule has 0 unspecified atom stereocenters. The van der Waals surface area contributed by atoms with E-state index in [1.807, 2.05) is 13.8 Å². The van der Waals surface area contributed by atoms with Crippen molar-refractivity contribution in [3.63, 3.8) is 0 Å². The Labute approximate surface area is 152 Å². The quantitative estimate of drug-likeness (QED) is 0.326. The van der Waals surface area contributed by atoms with Crippen molar-refractivity contribution in [1.29, 1.82) is 0 Å². The zero-order valence-electron chi connectivity index (χ0n) is 13.1. The van der Waals surface area contributed by atoms with Crippen LogP contribution >= 0.6 is 24.0 Å². The lowest BCUT2D eigenvalue weighted by Gasteiger charge is -2.08. The molecule has 23 heavy (non-hydrogen) atoms. The Morgan fingerprint density at radius 1 is 1.22 bits per heavy atom. The van der Waals surface area contributed by atoms with Crippen LogP contribution in [0.4, 0.5) is 13.2 Å². The fraction of sp³-hybridized carbons (Fsp3) is 0.438. The first-order valence-electron chi connectivity index (χ1n) is 7.15. The van der Waals surface area contributed by atoms with Gasteiger partial charge in [0.1, 0.15) is 0 Å². The second-order valence-corrected chi connectivity index (χ2v) is 4.49. The van der Waals surface area contributed by atoms with E-state index in [2.05, 4.69) is 27.5 Å². The SMILES string of the molecule is CCCN=C(NCC)NCC#Cc1cccc(C(F)(F)F)c1.I. The molecule has 1 aromatic rings. The molecule has 128 valence electrons. The number of guanidine groups is 1. The Morgan fingerprint density at radius 3 is 2.57 bits per heavy atom. The van der Waals surface area contributed by atoms with E-state index in [0.717, 1.165) is 25.1 Å². The number of alkyl halides is 3. The molecular weight excluding hydrogens is 418 g/mol. The number of halogens is 4. The molecule has 3 nitrogen and oxygen atoms in total. The molecule has 0 bridgehead atoms. The first kappa shape index (κ1) is 21.6. The molecule has 0 aliphatic heterocycles. The fourth-order valence-corrected chi connectivity index (χ4v) is 1.61. The van der Waals surface area contributed by atoms with E-state index in [1.165, 1.54) is 6.07 Å². The molecule has 0 aliphatic rings. The van der Waals surface area contributed by atoms with Crippen molar-refractivity contribution >= 4 is 29.9 Å². The summed E-state index contributed by atoms with van der Waals surface area (Å²) >= 11 is 0. The maximum Gasteiger partial charge on any atom is 0.416 e. The number of hydrogen-bond donors (Lipinski definition) is 2. The van der Waals surface area contributed by atoms with Gasteiger partial charge in [-0.25, -0.2) is 0 Å². The summed E-state index contributed by atoms with van der Waals surface area (Å²) in [4.78, 5) is 4.30. The molecule has 0 aliphatic carbocycles. The van der Waals surface area contributed by atoms with Gasteiger partial charge in [-0.1, -0.05) is 24.8 Å². The molecule has 7 heteroatoms. The molecule has 0 radical (unpaired) electrons. The lowest BCUT2D eigenvalue weighted by Crippen LogP contribution is -2.37. The lowest BCUT2D eigenvalue weighted by atomic mass is 10.1. The van der Waals surface area contributed by atoms with Gasteiger partial charge in [0, 0.05) is 18.7 Å². The Balaban J connectivity index is 0.00000484. The van der Waals surface area contributed by atoms with Gasteiger partial charge in [0.25, 0.3) is 0 Å². The second-order valence-electron chi connectivity index (χ2n) is 4.49. The number of nitrogens with zero attached hydrogens (tertiary/aromatic N) is 1. The molecule has 0 saturated heterocycles. The fourth-order valence-electron chi connectivity index (χ4n) is 1.61. The molecule has 0 atom stereocenters. The molecule has 0 fully saturated rings. The second kappa shape index (κ2) is 11.2. The van der Waals surface area contributed by atoms with Gasteiger partial charge in [0.2, 0.25) is 0 Å². The van der Waals surface area contributed by atoms with E-state index >= 15 is 0 Å². The number of nitrogens with one attached hydrogen (secondary N) is 2. The van der Waals surface area contributed by atoms with E-state index < -0.39 is 11.7 Å². The van der Waals surface area contributed by atoms with Gasteiger partial charge in [0.15, 0.2) is 5.96 Å². The van der Waals surface area contributed by atoms with Crippen LogP contribution in [0.1, 0.15) is 31.4 Å². The smallest absolute Gasteiger partial charge is 0.357 e. The van der Waals surface area contributed by atoms with Gasteiger partial charge in [-0.05, 0) is 31.5 Å². The largest absolute Gasteiger partial charge is 0.416 e. The standard InChI is InChI=1S/C16H20F3N3.HI/c1-3-10-21-15(20-4-2)22-11-6-8-13-7-5-9-14(12-13)16(17,18)19;/h5,7,9,12H,3-4,10-11H2,1-2H3,(H2,20,21,22);1H. The van der Waals surface area contributed by atoms with Crippen molar-refractivity contribution in [3.8, 4) is 11.8 Å². The Hall–Kier alpha value is -1.43. The van der Waals surface area contributed by atoms with Crippen LogP contribution in [-0.2, 0) is 6.18 Å². The van der Waals surface area contributed by atoms with Crippen LogP contribution < -0.4 is 10.6 Å². The molecular formula is C16H21F3IN3. The monoisotopic (exact) mass is 439 g/mol. The molecule has 1 aromatic carbocycles. The summed E-state index contributed by atoms with van der Waals surface area (Å²) in [6.45, 7) is 5.73. The van der Waals surface area contributed by atoms with Gasteiger partial charge in [-0.3, -0.25) is 4.99 Å². The Morgan fingerprint density at radius 2 is 1.96 bits per heavy atom. The molecule has 0 heterocycles. The summed E-state index contributed by atoms with van der Waals surface area (Å²) in [5.74, 6) is 6.17. The molecule has 0 amide bonds. The summed E-state index contributed by atoms with van der Waals surface area (Å²) in [5, 5.41) is 6.08. The van der Waals surface area contributed by atoms with Gasteiger partial charge < -0.3 is 10.6 Å². The number of hydrogen-bond acceptors (Lipinski definition) is 1.